The second-order valence-corrected chi connectivity index (χ2v) is 30.7. The quantitative estimate of drug-likeness (QED) is 0.685. The number of rotatable bonds is 2. The van der Waals surface area contributed by atoms with Crippen LogP contribution in [0.3, 0.4) is 0 Å². The van der Waals surface area contributed by atoms with Gasteiger partial charge in [0.2, 0.25) is 0 Å². The summed E-state index contributed by atoms with van der Waals surface area (Å²) in [5.74, 6) is 0. The molecular formula is C6H17PbSi. The molecule has 0 N–H and O–H groups in total. The summed E-state index contributed by atoms with van der Waals surface area (Å²) in [5, 5.41) is 0. The van der Waals surface area contributed by atoms with E-state index in [9.17, 15) is 0 Å². The van der Waals surface area contributed by atoms with E-state index in [1.165, 1.54) is 0 Å². The van der Waals surface area contributed by atoms with Crippen LogP contribution in [-0.4, -0.2) is 30.0 Å². The van der Waals surface area contributed by atoms with Gasteiger partial charge in [0.05, 0.1) is 0 Å². The van der Waals surface area contributed by atoms with E-state index in [1.54, 1.807) is 3.60 Å². The van der Waals surface area contributed by atoms with Gasteiger partial charge in [0.1, 0.15) is 0 Å². The summed E-state index contributed by atoms with van der Waals surface area (Å²) < 4.78 is 9.25. The van der Waals surface area contributed by atoms with E-state index < -0.39 is 21.2 Å². The Morgan fingerprint density at radius 3 is 1.50 bits per heavy atom. The molecule has 0 unspecified atom stereocenters. The van der Waals surface area contributed by atoms with Crippen LogP contribution in [0.4, 0.5) is 0 Å². The van der Waals surface area contributed by atoms with E-state index in [4.69, 9.17) is 0 Å². The summed E-state index contributed by atoms with van der Waals surface area (Å²) in [6.45, 7) is 4.85. The van der Waals surface area contributed by atoms with Crippen molar-refractivity contribution < 1.29 is 0 Å². The van der Waals surface area contributed by atoms with Crippen LogP contribution in [-0.2, 0) is 0 Å². The van der Waals surface area contributed by atoms with Crippen LogP contribution >= 0.6 is 0 Å². The molecule has 0 saturated carbocycles. The minimum atomic E-state index is -1.42. The van der Waals surface area contributed by atoms with Crippen LogP contribution in [0.25, 0.3) is 0 Å². The van der Waals surface area contributed by atoms with Crippen molar-refractivity contribution in [3.05, 3.63) is 0 Å². The maximum absolute atomic E-state index is 2.53. The normalized spacial score (nSPS) is 12.8. The van der Waals surface area contributed by atoms with E-state index >= 15 is 0 Å². The van der Waals surface area contributed by atoms with Crippen LogP contribution in [0.5, 0.6) is 0 Å². The summed E-state index contributed by atoms with van der Waals surface area (Å²) >= 11 is -1.42. The van der Waals surface area contributed by atoms with Gasteiger partial charge in [0.15, 0.2) is 0 Å². The summed E-state index contributed by atoms with van der Waals surface area (Å²) in [6, 6.07) is 0. The Labute approximate surface area is 59.9 Å². The molecule has 0 spiro atoms. The molecule has 0 aliphatic heterocycles. The Morgan fingerprint density at radius 1 is 1.12 bits per heavy atom. The van der Waals surface area contributed by atoms with Crippen molar-refractivity contribution in [2.45, 2.75) is 30.1 Å². The zero-order valence-corrected chi connectivity index (χ0v) is 11.6. The predicted molar refractivity (Wildman–Crippen MR) is 45.6 cm³/mol. The average molecular weight is 324 g/mol. The van der Waals surface area contributed by atoms with Gasteiger partial charge < -0.3 is 0 Å². The Balaban J connectivity index is 3.39. The van der Waals surface area contributed by atoms with Gasteiger partial charge in [-0.2, -0.15) is 0 Å². The summed E-state index contributed by atoms with van der Waals surface area (Å²) in [5.41, 5.74) is 0. The Bertz CT molecular complexity index is 63.4. The standard InChI is InChI=1S/C3H8Si.3CH3.Pb/c1-4(2)3;;;;/h1H2,2-3H3;3*1H3;. The molecule has 0 amide bonds. The van der Waals surface area contributed by atoms with E-state index in [0.717, 1.165) is 0 Å². The van der Waals surface area contributed by atoms with Gasteiger partial charge in [-0.15, -0.1) is 0 Å². The Hall–Kier alpha value is 1.14. The third-order valence-corrected chi connectivity index (χ3v) is 23.3. The first-order chi connectivity index (χ1) is 3.42. The molecule has 0 fully saturated rings. The molecule has 0 aliphatic rings. The first kappa shape index (κ1) is 9.14. The van der Waals surface area contributed by atoms with Crippen LogP contribution in [0, 0.1) is 0 Å². The molecule has 49 valence electrons. The van der Waals surface area contributed by atoms with E-state index in [1.807, 2.05) is 0 Å². The molecule has 8 heavy (non-hydrogen) atoms. The van der Waals surface area contributed by atoms with Gasteiger partial charge in [0.25, 0.3) is 0 Å². The van der Waals surface area contributed by atoms with Gasteiger partial charge in [-0.05, 0) is 0 Å². The minimum absolute atomic E-state index is 0.107. The predicted octanol–water partition coefficient (Wildman–Crippen LogP) is 2.62. The molecule has 0 aromatic rings. The molecular weight excluding hydrogens is 307 g/mol. The van der Waals surface area contributed by atoms with Gasteiger partial charge in [-0.3, -0.25) is 0 Å². The molecule has 0 aromatic carbocycles. The van der Waals surface area contributed by atoms with Crippen molar-refractivity contribution >= 4 is 30.0 Å². The van der Waals surface area contributed by atoms with E-state index in [2.05, 4.69) is 26.5 Å². The Kier molecular flexibility index (Phi) is 3.82. The third kappa shape index (κ3) is 7.14. The SMILES string of the molecule is C[Si](C)[CH2][Pb]([CH3])([CH3])[CH3]. The monoisotopic (exact) mass is 325 g/mol. The first-order valence-electron chi connectivity index (χ1n) is 3.21. The second-order valence-electron chi connectivity index (χ2n) is 3.94. The third-order valence-electron chi connectivity index (χ3n) is 0.884. The van der Waals surface area contributed by atoms with Gasteiger partial charge in [-0.25, -0.2) is 0 Å². The Morgan fingerprint density at radius 2 is 1.50 bits per heavy atom. The summed E-state index contributed by atoms with van der Waals surface area (Å²) in [4.78, 5) is 0. The summed E-state index contributed by atoms with van der Waals surface area (Å²) in [7, 11) is 0.107. The fourth-order valence-electron chi connectivity index (χ4n) is 1.06. The van der Waals surface area contributed by atoms with Crippen LogP contribution in [0.1, 0.15) is 0 Å². The molecule has 0 aliphatic carbocycles. The molecule has 0 atom stereocenters. The van der Waals surface area contributed by atoms with E-state index in [-0.39, 0.29) is 8.80 Å². The van der Waals surface area contributed by atoms with Crippen molar-refractivity contribution in [2.75, 3.05) is 0 Å². The fraction of sp³-hybridized carbons (Fsp3) is 1.00. The molecule has 0 heterocycles. The van der Waals surface area contributed by atoms with Crippen molar-refractivity contribution in [3.63, 3.8) is 0 Å². The van der Waals surface area contributed by atoms with Crippen LogP contribution in [0.15, 0.2) is 0 Å². The van der Waals surface area contributed by atoms with Gasteiger partial charge >= 0.3 is 60.1 Å². The van der Waals surface area contributed by atoms with Crippen LogP contribution in [0.2, 0.25) is 30.1 Å². The van der Waals surface area contributed by atoms with Gasteiger partial charge in [0, 0.05) is 0 Å². The van der Waals surface area contributed by atoms with Gasteiger partial charge in [-0.1, -0.05) is 0 Å². The molecule has 2 heteroatoms. The van der Waals surface area contributed by atoms with Crippen molar-refractivity contribution in [2.24, 2.45) is 0 Å². The average Bonchev–Trinajstić information content (AvgIpc) is 1.21. The topological polar surface area (TPSA) is 0 Å². The maximum atomic E-state index is 2.53. The van der Waals surface area contributed by atoms with Crippen LogP contribution < -0.4 is 0 Å². The first-order valence-corrected chi connectivity index (χ1v) is 20.3. The molecule has 0 bridgehead atoms. The van der Waals surface area contributed by atoms with Crippen molar-refractivity contribution in [3.8, 4) is 0 Å². The summed E-state index contributed by atoms with van der Waals surface area (Å²) in [6.07, 6.45) is 0. The second kappa shape index (κ2) is 3.34. The number of hydrogen-bond donors (Lipinski definition) is 0. The fourth-order valence-corrected chi connectivity index (χ4v) is 27.9. The van der Waals surface area contributed by atoms with E-state index in [0.29, 0.717) is 0 Å². The molecule has 0 aromatic heterocycles. The zero-order chi connectivity index (χ0) is 6.78. The molecule has 0 saturated heterocycles. The molecule has 1 radical (unpaired) electrons. The van der Waals surface area contributed by atoms with Crippen molar-refractivity contribution in [1.82, 2.24) is 0 Å². The number of hydrogen-bond acceptors (Lipinski definition) is 0. The zero-order valence-electron chi connectivity index (χ0n) is 6.71. The van der Waals surface area contributed by atoms with Crippen molar-refractivity contribution in [1.29, 1.82) is 0 Å². The molecule has 0 nitrogen and oxygen atoms in total. The molecule has 0 rings (SSSR count).